The lowest BCUT2D eigenvalue weighted by molar-refractivity contribution is -0.137. The van der Waals surface area contributed by atoms with Crippen molar-refractivity contribution in [1.29, 1.82) is 0 Å². The van der Waals surface area contributed by atoms with E-state index in [-0.39, 0.29) is 18.8 Å². The lowest BCUT2D eigenvalue weighted by atomic mass is 9.88. The van der Waals surface area contributed by atoms with Gasteiger partial charge in [0.05, 0.1) is 18.2 Å². The Hall–Kier alpha value is -1.12. The van der Waals surface area contributed by atoms with E-state index in [1.165, 1.54) is 12.1 Å². The summed E-state index contributed by atoms with van der Waals surface area (Å²) in [7, 11) is 0. The fourth-order valence-electron chi connectivity index (χ4n) is 3.55. The smallest absolute Gasteiger partial charge is 0.394 e. The number of benzene rings is 1. The third-order valence-electron chi connectivity index (χ3n) is 4.99. The predicted octanol–water partition coefficient (Wildman–Crippen LogP) is 3.95. The molecule has 25 heavy (non-hydrogen) atoms. The molecule has 0 aromatic heterocycles. The average Bonchev–Trinajstić information content (AvgIpc) is 3.02. The summed E-state index contributed by atoms with van der Waals surface area (Å²) >= 11 is 3.34. The topological polar surface area (TPSA) is 45.1 Å². The summed E-state index contributed by atoms with van der Waals surface area (Å²) in [5.74, 6) is 0.405. The van der Waals surface area contributed by atoms with Crippen molar-refractivity contribution in [2.24, 2.45) is 11.1 Å². The van der Waals surface area contributed by atoms with Gasteiger partial charge in [0.1, 0.15) is 10.7 Å². The molecule has 1 unspecified atom stereocenters. The molecular weight excluding hydrogens is 401 g/mol. The van der Waals surface area contributed by atoms with Crippen molar-refractivity contribution >= 4 is 20.6 Å². The number of likely N-dealkylation sites (tertiary alicyclic amines) is 1. The van der Waals surface area contributed by atoms with E-state index in [0.717, 1.165) is 49.1 Å². The Bertz CT molecular complexity index is 613. The van der Waals surface area contributed by atoms with Crippen molar-refractivity contribution in [1.82, 2.24) is 4.90 Å². The zero-order valence-corrected chi connectivity index (χ0v) is 15.1. The van der Waals surface area contributed by atoms with E-state index in [9.17, 15) is 18.3 Å². The number of halogens is 4. The van der Waals surface area contributed by atoms with Crippen molar-refractivity contribution in [3.05, 3.63) is 35.4 Å². The molecule has 2 aliphatic rings. The van der Waals surface area contributed by atoms with Crippen LogP contribution in [0, 0.1) is 5.92 Å². The summed E-state index contributed by atoms with van der Waals surface area (Å²) < 4.78 is 38.9. The molecule has 0 amide bonds. The number of hydrogen-bond acceptors (Lipinski definition) is 4. The summed E-state index contributed by atoms with van der Waals surface area (Å²) in [6.07, 6.45) is -1.64. The van der Waals surface area contributed by atoms with Crippen molar-refractivity contribution in [3.63, 3.8) is 0 Å². The van der Waals surface area contributed by atoms with Gasteiger partial charge in [-0.05, 0) is 59.6 Å². The Morgan fingerprint density at radius 2 is 1.88 bits per heavy atom. The number of hydrogen-bond donors (Lipinski definition) is 1. The van der Waals surface area contributed by atoms with Crippen LogP contribution >= 0.6 is 15.9 Å². The maximum atomic E-state index is 12.7. The van der Waals surface area contributed by atoms with Gasteiger partial charge in [0.2, 0.25) is 0 Å². The quantitative estimate of drug-likeness (QED) is 0.801. The second-order valence-electron chi connectivity index (χ2n) is 6.51. The van der Waals surface area contributed by atoms with Crippen LogP contribution in [-0.4, -0.2) is 40.4 Å². The van der Waals surface area contributed by atoms with Crippen LogP contribution < -0.4 is 0 Å². The van der Waals surface area contributed by atoms with Crippen molar-refractivity contribution in [2.75, 3.05) is 19.7 Å². The average molecular weight is 421 g/mol. The van der Waals surface area contributed by atoms with Gasteiger partial charge >= 0.3 is 6.18 Å². The highest BCUT2D eigenvalue weighted by molar-refractivity contribution is 9.18. The first-order valence-electron chi connectivity index (χ1n) is 8.28. The Balaban J connectivity index is 1.61. The minimum absolute atomic E-state index is 0.0928. The second kappa shape index (κ2) is 7.63. The maximum Gasteiger partial charge on any atom is 0.416 e. The molecule has 2 heterocycles. The molecular formula is C17H20BrF3N2O2. The van der Waals surface area contributed by atoms with E-state index in [4.69, 9.17) is 4.84 Å². The van der Waals surface area contributed by atoms with Crippen LogP contribution in [0.5, 0.6) is 0 Å². The summed E-state index contributed by atoms with van der Waals surface area (Å²) in [4.78, 5) is 7.55. The van der Waals surface area contributed by atoms with E-state index in [1.807, 2.05) is 0 Å². The summed E-state index contributed by atoms with van der Waals surface area (Å²) in [5, 5.41) is 13.7. The SMILES string of the molecule is OCC(c1ccc(C(F)(F)F)cc1)N1CCC([C@H]2CC(Br)=NO2)CC1. The van der Waals surface area contributed by atoms with Gasteiger partial charge in [-0.15, -0.1) is 0 Å². The van der Waals surface area contributed by atoms with Crippen molar-refractivity contribution in [2.45, 2.75) is 37.6 Å². The fraction of sp³-hybridized carbons (Fsp3) is 0.588. The molecule has 3 rings (SSSR count). The maximum absolute atomic E-state index is 12.7. The number of aliphatic hydroxyl groups excluding tert-OH is 1. The molecule has 1 N–H and O–H groups in total. The van der Waals surface area contributed by atoms with Gasteiger partial charge in [0.15, 0.2) is 0 Å². The highest BCUT2D eigenvalue weighted by Crippen LogP contribution is 2.34. The van der Waals surface area contributed by atoms with Crippen LogP contribution in [-0.2, 0) is 11.0 Å². The molecule has 0 spiro atoms. The lowest BCUT2D eigenvalue weighted by Gasteiger charge is -2.38. The van der Waals surface area contributed by atoms with Gasteiger partial charge in [0, 0.05) is 12.3 Å². The normalized spacial score (nSPS) is 24.0. The molecule has 138 valence electrons. The van der Waals surface area contributed by atoms with Gasteiger partial charge in [-0.3, -0.25) is 4.90 Å². The molecule has 4 nitrogen and oxygen atoms in total. The molecule has 0 saturated carbocycles. The number of nitrogens with zero attached hydrogens (tertiary/aromatic N) is 2. The molecule has 2 aliphatic heterocycles. The molecule has 8 heteroatoms. The standard InChI is InChI=1S/C17H20BrF3N2O2/c18-16-9-15(25-22-16)12-5-7-23(8-6-12)14(10-24)11-1-3-13(4-2-11)17(19,20)21/h1-4,12,14-15,24H,5-10H2/t14?,15-/m1/s1. The van der Waals surface area contributed by atoms with E-state index >= 15 is 0 Å². The van der Waals surface area contributed by atoms with E-state index < -0.39 is 11.7 Å². The minimum atomic E-state index is -4.34. The summed E-state index contributed by atoms with van der Waals surface area (Å²) in [6, 6.07) is 4.79. The van der Waals surface area contributed by atoms with Crippen LogP contribution in [0.1, 0.15) is 36.4 Å². The van der Waals surface area contributed by atoms with Crippen molar-refractivity contribution in [3.8, 4) is 0 Å². The molecule has 0 aliphatic carbocycles. The Labute approximate surface area is 152 Å². The summed E-state index contributed by atoms with van der Waals surface area (Å²) in [6.45, 7) is 1.42. The highest BCUT2D eigenvalue weighted by atomic mass is 79.9. The third-order valence-corrected chi connectivity index (χ3v) is 5.46. The first kappa shape index (κ1) is 18.7. The zero-order valence-electron chi connectivity index (χ0n) is 13.5. The number of oxime groups is 1. The van der Waals surface area contributed by atoms with Gasteiger partial charge < -0.3 is 9.94 Å². The summed E-state index contributed by atoms with van der Waals surface area (Å²) in [5.41, 5.74) is 0.0350. The molecule has 1 aromatic rings. The second-order valence-corrected chi connectivity index (χ2v) is 7.42. The monoisotopic (exact) mass is 420 g/mol. The van der Waals surface area contributed by atoms with Gasteiger partial charge in [-0.2, -0.15) is 13.2 Å². The van der Waals surface area contributed by atoms with E-state index in [2.05, 4.69) is 26.0 Å². The van der Waals surface area contributed by atoms with E-state index in [1.54, 1.807) is 0 Å². The van der Waals surface area contributed by atoms with Gasteiger partial charge in [0.25, 0.3) is 0 Å². The van der Waals surface area contributed by atoms with Crippen LogP contribution in [0.2, 0.25) is 0 Å². The molecule has 0 bridgehead atoms. The number of piperidine rings is 1. The highest BCUT2D eigenvalue weighted by Gasteiger charge is 2.34. The molecule has 1 saturated heterocycles. The Morgan fingerprint density at radius 1 is 1.24 bits per heavy atom. The lowest BCUT2D eigenvalue weighted by Crippen LogP contribution is -2.41. The number of alkyl halides is 3. The zero-order chi connectivity index (χ0) is 18.0. The minimum Gasteiger partial charge on any atom is -0.394 e. The molecule has 0 radical (unpaired) electrons. The van der Waals surface area contributed by atoms with Crippen molar-refractivity contribution < 1.29 is 23.1 Å². The molecule has 2 atom stereocenters. The predicted molar refractivity (Wildman–Crippen MR) is 91.4 cm³/mol. The van der Waals surface area contributed by atoms with E-state index in [0.29, 0.717) is 11.5 Å². The van der Waals surface area contributed by atoms with Crippen LogP contribution in [0.4, 0.5) is 13.2 Å². The largest absolute Gasteiger partial charge is 0.416 e. The first-order chi connectivity index (χ1) is 11.9. The van der Waals surface area contributed by atoms with Crippen LogP contribution in [0.3, 0.4) is 0 Å². The fourth-order valence-corrected chi connectivity index (χ4v) is 3.95. The first-order valence-corrected chi connectivity index (χ1v) is 9.08. The number of aliphatic hydroxyl groups is 1. The van der Waals surface area contributed by atoms with Crippen LogP contribution in [0.25, 0.3) is 0 Å². The Morgan fingerprint density at radius 3 is 2.36 bits per heavy atom. The molecule has 1 aromatic carbocycles. The van der Waals surface area contributed by atoms with Crippen LogP contribution in [0.15, 0.2) is 29.4 Å². The van der Waals surface area contributed by atoms with Gasteiger partial charge in [-0.25, -0.2) is 0 Å². The molecule has 1 fully saturated rings. The van der Waals surface area contributed by atoms with Gasteiger partial charge in [-0.1, -0.05) is 17.3 Å². The Kier molecular flexibility index (Phi) is 5.70. The number of rotatable bonds is 4. The third kappa shape index (κ3) is 4.35.